The van der Waals surface area contributed by atoms with Crippen molar-refractivity contribution in [3.05, 3.63) is 42.0 Å². The standard InChI is InChI=1S/C13H15N5O2/c1-9-3-5-10(6-4-9)16-12(19)13(20)18(2)7-11-14-8-15-17-11/h3-6,8H,7H2,1-2H3,(H,16,19)(H,14,15,17). The Hall–Kier alpha value is -2.70. The Kier molecular flexibility index (Phi) is 4.09. The first-order chi connectivity index (χ1) is 9.56. The number of nitrogens with one attached hydrogen (secondary N) is 2. The van der Waals surface area contributed by atoms with Crippen LogP contribution in [0.3, 0.4) is 0 Å². The van der Waals surface area contributed by atoms with Crippen LogP contribution in [0.2, 0.25) is 0 Å². The molecule has 0 unspecified atom stereocenters. The van der Waals surface area contributed by atoms with Crippen molar-refractivity contribution < 1.29 is 9.59 Å². The van der Waals surface area contributed by atoms with Crippen LogP contribution in [0.1, 0.15) is 11.4 Å². The molecule has 0 aliphatic rings. The van der Waals surface area contributed by atoms with Crippen molar-refractivity contribution in [1.82, 2.24) is 20.1 Å². The smallest absolute Gasteiger partial charge is 0.313 e. The van der Waals surface area contributed by atoms with Crippen molar-refractivity contribution in [2.45, 2.75) is 13.5 Å². The molecule has 1 heterocycles. The van der Waals surface area contributed by atoms with E-state index >= 15 is 0 Å². The van der Waals surface area contributed by atoms with Crippen LogP contribution >= 0.6 is 0 Å². The first kappa shape index (κ1) is 13.7. The largest absolute Gasteiger partial charge is 0.330 e. The fourth-order valence-corrected chi connectivity index (χ4v) is 1.60. The van der Waals surface area contributed by atoms with Gasteiger partial charge in [-0.1, -0.05) is 17.7 Å². The number of anilines is 1. The summed E-state index contributed by atoms with van der Waals surface area (Å²) in [6.07, 6.45) is 1.35. The lowest BCUT2D eigenvalue weighted by molar-refractivity contribution is -0.142. The maximum atomic E-state index is 11.9. The van der Waals surface area contributed by atoms with Crippen molar-refractivity contribution in [2.24, 2.45) is 0 Å². The Balaban J connectivity index is 1.94. The van der Waals surface area contributed by atoms with Crippen LogP contribution in [0, 0.1) is 6.92 Å². The molecule has 0 atom stereocenters. The monoisotopic (exact) mass is 273 g/mol. The van der Waals surface area contributed by atoms with Crippen molar-refractivity contribution in [3.63, 3.8) is 0 Å². The van der Waals surface area contributed by atoms with Gasteiger partial charge in [-0.15, -0.1) is 0 Å². The molecule has 0 saturated heterocycles. The number of carbonyl (C=O) groups is 2. The minimum absolute atomic E-state index is 0.195. The van der Waals surface area contributed by atoms with E-state index in [1.807, 2.05) is 19.1 Å². The fourth-order valence-electron chi connectivity index (χ4n) is 1.60. The van der Waals surface area contributed by atoms with Gasteiger partial charge in [-0.05, 0) is 19.1 Å². The van der Waals surface area contributed by atoms with Crippen LogP contribution in [0.15, 0.2) is 30.6 Å². The first-order valence-corrected chi connectivity index (χ1v) is 6.03. The van der Waals surface area contributed by atoms with Gasteiger partial charge in [-0.25, -0.2) is 4.98 Å². The molecule has 7 heteroatoms. The third kappa shape index (κ3) is 3.41. The number of likely N-dealkylation sites (N-methyl/N-ethyl adjacent to an activating group) is 1. The molecule has 0 aliphatic carbocycles. The molecule has 2 amide bonds. The van der Waals surface area contributed by atoms with E-state index in [1.165, 1.54) is 18.3 Å². The maximum absolute atomic E-state index is 11.9. The highest BCUT2D eigenvalue weighted by atomic mass is 16.2. The number of aromatic nitrogens is 3. The molecule has 0 bridgehead atoms. The Labute approximate surface area is 116 Å². The molecule has 0 aliphatic heterocycles. The van der Waals surface area contributed by atoms with Gasteiger partial charge in [0.2, 0.25) is 0 Å². The lowest BCUT2D eigenvalue weighted by Crippen LogP contribution is -2.36. The number of nitrogens with zero attached hydrogens (tertiary/aromatic N) is 3. The van der Waals surface area contributed by atoms with Crippen LogP contribution in [-0.2, 0) is 16.1 Å². The summed E-state index contributed by atoms with van der Waals surface area (Å²) < 4.78 is 0. The van der Waals surface area contributed by atoms with Crippen molar-refractivity contribution in [1.29, 1.82) is 0 Å². The highest BCUT2D eigenvalue weighted by molar-refractivity contribution is 6.39. The van der Waals surface area contributed by atoms with Crippen molar-refractivity contribution in [3.8, 4) is 0 Å². The Morgan fingerprint density at radius 2 is 2.00 bits per heavy atom. The summed E-state index contributed by atoms with van der Waals surface area (Å²) in [6.45, 7) is 2.14. The molecule has 1 aromatic heterocycles. The summed E-state index contributed by atoms with van der Waals surface area (Å²) in [7, 11) is 1.53. The normalized spacial score (nSPS) is 10.1. The number of aromatic amines is 1. The second-order valence-electron chi connectivity index (χ2n) is 4.41. The minimum atomic E-state index is -0.684. The molecule has 20 heavy (non-hydrogen) atoms. The van der Waals surface area contributed by atoms with Crippen LogP contribution in [0.5, 0.6) is 0 Å². The Bertz CT molecular complexity index is 592. The highest BCUT2D eigenvalue weighted by Crippen LogP contribution is 2.08. The zero-order chi connectivity index (χ0) is 14.5. The molecule has 0 saturated carbocycles. The zero-order valence-electron chi connectivity index (χ0n) is 11.3. The number of amides is 2. The predicted molar refractivity (Wildman–Crippen MR) is 72.7 cm³/mol. The van der Waals surface area contributed by atoms with Gasteiger partial charge in [0.25, 0.3) is 0 Å². The van der Waals surface area contributed by atoms with Crippen LogP contribution < -0.4 is 5.32 Å². The number of H-pyrrole nitrogens is 1. The second-order valence-corrected chi connectivity index (χ2v) is 4.41. The van der Waals surface area contributed by atoms with E-state index in [0.717, 1.165) is 5.56 Å². The van der Waals surface area contributed by atoms with Gasteiger partial charge in [-0.3, -0.25) is 14.7 Å². The van der Waals surface area contributed by atoms with E-state index in [9.17, 15) is 9.59 Å². The predicted octanol–water partition coefficient (Wildman–Crippen LogP) is 0.710. The quantitative estimate of drug-likeness (QED) is 0.806. The van der Waals surface area contributed by atoms with Gasteiger partial charge >= 0.3 is 11.8 Å². The van der Waals surface area contributed by atoms with Gasteiger partial charge in [0.05, 0.1) is 6.54 Å². The summed E-state index contributed by atoms with van der Waals surface area (Å²) in [5.74, 6) is -0.804. The summed E-state index contributed by atoms with van der Waals surface area (Å²) >= 11 is 0. The highest BCUT2D eigenvalue weighted by Gasteiger charge is 2.19. The topological polar surface area (TPSA) is 91.0 Å². The average Bonchev–Trinajstić information content (AvgIpc) is 2.93. The van der Waals surface area contributed by atoms with Gasteiger partial charge in [0.15, 0.2) is 0 Å². The summed E-state index contributed by atoms with van der Waals surface area (Å²) in [5, 5.41) is 8.86. The Morgan fingerprint density at radius 3 is 2.60 bits per heavy atom. The molecule has 2 N–H and O–H groups in total. The zero-order valence-corrected chi connectivity index (χ0v) is 11.3. The average molecular weight is 273 g/mol. The summed E-state index contributed by atoms with van der Waals surface area (Å²) in [5.41, 5.74) is 1.67. The van der Waals surface area contributed by atoms with Gasteiger partial charge < -0.3 is 10.2 Å². The molecule has 2 aromatic rings. The van der Waals surface area contributed by atoms with Crippen LogP contribution in [0.4, 0.5) is 5.69 Å². The lowest BCUT2D eigenvalue weighted by atomic mass is 10.2. The molecule has 2 rings (SSSR count). The van der Waals surface area contributed by atoms with Crippen LogP contribution in [-0.4, -0.2) is 38.9 Å². The Morgan fingerprint density at radius 1 is 1.30 bits per heavy atom. The molecular weight excluding hydrogens is 258 g/mol. The summed E-state index contributed by atoms with van der Waals surface area (Å²) in [4.78, 5) is 28.9. The van der Waals surface area contributed by atoms with Gasteiger partial charge in [-0.2, -0.15) is 5.10 Å². The van der Waals surface area contributed by atoms with E-state index in [-0.39, 0.29) is 6.54 Å². The van der Waals surface area contributed by atoms with E-state index in [1.54, 1.807) is 12.1 Å². The van der Waals surface area contributed by atoms with E-state index in [0.29, 0.717) is 11.5 Å². The molecule has 0 fully saturated rings. The van der Waals surface area contributed by atoms with Gasteiger partial charge in [0.1, 0.15) is 12.2 Å². The molecular formula is C13H15N5O2. The summed E-state index contributed by atoms with van der Waals surface area (Å²) in [6, 6.07) is 7.21. The van der Waals surface area contributed by atoms with E-state index in [4.69, 9.17) is 0 Å². The number of carbonyl (C=O) groups excluding carboxylic acids is 2. The number of rotatable bonds is 3. The minimum Gasteiger partial charge on any atom is -0.330 e. The lowest BCUT2D eigenvalue weighted by Gasteiger charge is -2.15. The molecule has 104 valence electrons. The molecule has 0 radical (unpaired) electrons. The molecule has 0 spiro atoms. The van der Waals surface area contributed by atoms with E-state index in [2.05, 4.69) is 20.5 Å². The fraction of sp³-hybridized carbons (Fsp3) is 0.231. The second kappa shape index (κ2) is 5.96. The number of aryl methyl sites for hydroxylation is 1. The van der Waals surface area contributed by atoms with Crippen molar-refractivity contribution in [2.75, 3.05) is 12.4 Å². The number of hydrogen-bond acceptors (Lipinski definition) is 4. The third-order valence-corrected chi connectivity index (χ3v) is 2.70. The maximum Gasteiger partial charge on any atom is 0.313 e. The van der Waals surface area contributed by atoms with Crippen molar-refractivity contribution >= 4 is 17.5 Å². The molecule has 7 nitrogen and oxygen atoms in total. The first-order valence-electron chi connectivity index (χ1n) is 6.03. The van der Waals surface area contributed by atoms with E-state index < -0.39 is 11.8 Å². The van der Waals surface area contributed by atoms with Crippen LogP contribution in [0.25, 0.3) is 0 Å². The number of benzene rings is 1. The SMILES string of the molecule is Cc1ccc(NC(=O)C(=O)N(C)Cc2ncn[nH]2)cc1. The third-order valence-electron chi connectivity index (χ3n) is 2.70. The molecule has 1 aromatic carbocycles. The van der Waals surface area contributed by atoms with Gasteiger partial charge in [0, 0.05) is 12.7 Å². The number of hydrogen-bond donors (Lipinski definition) is 2.